The van der Waals surface area contributed by atoms with E-state index in [1.165, 1.54) is 4.68 Å². The van der Waals surface area contributed by atoms with Crippen LogP contribution in [0, 0.1) is 0 Å². The topological polar surface area (TPSA) is 85.0 Å². The number of fused-ring (bicyclic) bond motifs is 1. The molecule has 1 amide bonds. The number of aryl methyl sites for hydroxylation is 2. The van der Waals surface area contributed by atoms with Crippen molar-refractivity contribution < 1.29 is 4.79 Å². The standard InChI is InChI=1S/C16H22N6O2/c1-20(2)13-6-4-11(10-17-13)15(23)18-12-5-7-14-19-21(3)16(24)22(14)9-8-12/h4,6,10,12H,5,7-9H2,1-3H3,(H,18,23). The normalized spacial score (nSPS) is 17.0. The zero-order chi connectivity index (χ0) is 17.3. The van der Waals surface area contributed by atoms with Crippen molar-refractivity contribution in [2.45, 2.75) is 31.8 Å². The number of hydrogen-bond acceptors (Lipinski definition) is 5. The van der Waals surface area contributed by atoms with E-state index in [1.807, 2.05) is 25.1 Å². The van der Waals surface area contributed by atoms with Crippen LogP contribution in [0.5, 0.6) is 0 Å². The first-order chi connectivity index (χ1) is 11.5. The van der Waals surface area contributed by atoms with Crippen LogP contribution in [0.2, 0.25) is 0 Å². The number of hydrogen-bond donors (Lipinski definition) is 1. The highest BCUT2D eigenvalue weighted by molar-refractivity contribution is 5.94. The lowest BCUT2D eigenvalue weighted by atomic mass is 10.1. The zero-order valence-corrected chi connectivity index (χ0v) is 14.2. The number of nitrogens with zero attached hydrogens (tertiary/aromatic N) is 5. The molecule has 1 unspecified atom stereocenters. The maximum absolute atomic E-state index is 12.4. The lowest BCUT2D eigenvalue weighted by molar-refractivity contribution is 0.0932. The summed E-state index contributed by atoms with van der Waals surface area (Å²) < 4.78 is 3.06. The fourth-order valence-electron chi connectivity index (χ4n) is 2.90. The summed E-state index contributed by atoms with van der Waals surface area (Å²) in [5, 5.41) is 7.29. The van der Waals surface area contributed by atoms with Gasteiger partial charge in [0.25, 0.3) is 5.91 Å². The van der Waals surface area contributed by atoms with Gasteiger partial charge in [-0.3, -0.25) is 9.36 Å². The predicted octanol–water partition coefficient (Wildman–Crippen LogP) is 0.178. The highest BCUT2D eigenvalue weighted by atomic mass is 16.2. The molecule has 0 spiro atoms. The molecule has 24 heavy (non-hydrogen) atoms. The van der Waals surface area contributed by atoms with Crippen LogP contribution >= 0.6 is 0 Å². The van der Waals surface area contributed by atoms with E-state index in [2.05, 4.69) is 15.4 Å². The fraction of sp³-hybridized carbons (Fsp3) is 0.500. The molecule has 0 aliphatic carbocycles. The maximum atomic E-state index is 12.4. The minimum absolute atomic E-state index is 0.0254. The number of amides is 1. The molecule has 0 radical (unpaired) electrons. The molecule has 1 atom stereocenters. The summed E-state index contributed by atoms with van der Waals surface area (Å²) in [7, 11) is 5.47. The van der Waals surface area contributed by atoms with Gasteiger partial charge < -0.3 is 10.2 Å². The van der Waals surface area contributed by atoms with Gasteiger partial charge in [0.2, 0.25) is 0 Å². The number of carbonyl (C=O) groups is 1. The molecule has 3 heterocycles. The van der Waals surface area contributed by atoms with Gasteiger partial charge in [-0.05, 0) is 25.0 Å². The van der Waals surface area contributed by atoms with E-state index in [9.17, 15) is 9.59 Å². The molecular formula is C16H22N6O2. The smallest absolute Gasteiger partial charge is 0.345 e. The highest BCUT2D eigenvalue weighted by Crippen LogP contribution is 2.13. The average molecular weight is 330 g/mol. The third-order valence-electron chi connectivity index (χ3n) is 4.31. The van der Waals surface area contributed by atoms with Crippen molar-refractivity contribution in [3.63, 3.8) is 0 Å². The SMILES string of the molecule is CN(C)c1ccc(C(=O)NC2CCc3nn(C)c(=O)n3CC2)cn1. The monoisotopic (exact) mass is 330 g/mol. The molecule has 0 aromatic carbocycles. The number of aromatic nitrogens is 4. The fourth-order valence-corrected chi connectivity index (χ4v) is 2.90. The molecule has 0 saturated heterocycles. The van der Waals surface area contributed by atoms with Crippen LogP contribution in [0.1, 0.15) is 29.0 Å². The molecule has 0 bridgehead atoms. The Morgan fingerprint density at radius 3 is 2.79 bits per heavy atom. The third kappa shape index (κ3) is 3.17. The van der Waals surface area contributed by atoms with Gasteiger partial charge in [0.15, 0.2) is 0 Å². The van der Waals surface area contributed by atoms with Crippen LogP contribution in [0.3, 0.4) is 0 Å². The van der Waals surface area contributed by atoms with Crippen molar-refractivity contribution in [3.05, 3.63) is 40.2 Å². The molecule has 2 aromatic heterocycles. The molecule has 1 aliphatic heterocycles. The van der Waals surface area contributed by atoms with Crippen molar-refractivity contribution in [3.8, 4) is 0 Å². The van der Waals surface area contributed by atoms with Crippen LogP contribution in [0.25, 0.3) is 0 Å². The number of rotatable bonds is 3. The Balaban J connectivity index is 1.64. The van der Waals surface area contributed by atoms with Crippen LogP contribution < -0.4 is 15.9 Å². The minimum atomic E-state index is -0.134. The molecule has 0 saturated carbocycles. The first-order valence-electron chi connectivity index (χ1n) is 8.02. The number of anilines is 1. The minimum Gasteiger partial charge on any atom is -0.363 e. The van der Waals surface area contributed by atoms with E-state index in [0.717, 1.165) is 18.1 Å². The largest absolute Gasteiger partial charge is 0.363 e. The lowest BCUT2D eigenvalue weighted by Crippen LogP contribution is -2.35. The highest BCUT2D eigenvalue weighted by Gasteiger charge is 2.21. The average Bonchev–Trinajstić information content (AvgIpc) is 2.72. The quantitative estimate of drug-likeness (QED) is 0.868. The van der Waals surface area contributed by atoms with E-state index in [0.29, 0.717) is 24.9 Å². The molecule has 1 N–H and O–H groups in total. The van der Waals surface area contributed by atoms with Crippen molar-refractivity contribution in [1.29, 1.82) is 0 Å². The summed E-state index contributed by atoms with van der Waals surface area (Å²) in [4.78, 5) is 30.5. The Bertz CT molecular complexity index is 790. The van der Waals surface area contributed by atoms with E-state index in [1.54, 1.807) is 23.9 Å². The first kappa shape index (κ1) is 16.2. The summed E-state index contributed by atoms with van der Waals surface area (Å²) in [6, 6.07) is 3.62. The first-order valence-corrected chi connectivity index (χ1v) is 8.02. The number of carbonyl (C=O) groups excluding carboxylic acids is 1. The van der Waals surface area contributed by atoms with Gasteiger partial charge in [0.05, 0.1) is 5.56 Å². The van der Waals surface area contributed by atoms with Crippen molar-refractivity contribution >= 4 is 11.7 Å². The second-order valence-electron chi connectivity index (χ2n) is 6.27. The molecular weight excluding hydrogens is 308 g/mol. The van der Waals surface area contributed by atoms with Gasteiger partial charge in [0, 0.05) is 46.3 Å². The summed E-state index contributed by atoms with van der Waals surface area (Å²) >= 11 is 0. The summed E-state index contributed by atoms with van der Waals surface area (Å²) in [5.41, 5.74) is 0.443. The lowest BCUT2D eigenvalue weighted by Gasteiger charge is -2.16. The van der Waals surface area contributed by atoms with Gasteiger partial charge >= 0.3 is 5.69 Å². The molecule has 8 nitrogen and oxygen atoms in total. The second kappa shape index (κ2) is 6.46. The van der Waals surface area contributed by atoms with Gasteiger partial charge in [0.1, 0.15) is 11.6 Å². The summed E-state index contributed by atoms with van der Waals surface area (Å²) in [5.74, 6) is 1.46. The van der Waals surface area contributed by atoms with Crippen LogP contribution in [0.4, 0.5) is 5.82 Å². The van der Waals surface area contributed by atoms with Crippen molar-refractivity contribution in [2.24, 2.45) is 7.05 Å². The van der Waals surface area contributed by atoms with E-state index in [4.69, 9.17) is 0 Å². The van der Waals surface area contributed by atoms with Crippen LogP contribution in [0.15, 0.2) is 23.1 Å². The van der Waals surface area contributed by atoms with Crippen LogP contribution in [-0.4, -0.2) is 45.4 Å². The number of pyridine rings is 1. The Kier molecular flexibility index (Phi) is 4.37. The second-order valence-corrected chi connectivity index (χ2v) is 6.27. The number of nitrogens with one attached hydrogen (secondary N) is 1. The maximum Gasteiger partial charge on any atom is 0.345 e. The van der Waals surface area contributed by atoms with Gasteiger partial charge in [-0.25, -0.2) is 14.5 Å². The molecule has 128 valence electrons. The Morgan fingerprint density at radius 1 is 1.33 bits per heavy atom. The van der Waals surface area contributed by atoms with Crippen molar-refractivity contribution in [1.82, 2.24) is 24.6 Å². The third-order valence-corrected chi connectivity index (χ3v) is 4.31. The molecule has 1 aliphatic rings. The van der Waals surface area contributed by atoms with Crippen LogP contribution in [-0.2, 0) is 20.0 Å². The summed E-state index contributed by atoms with van der Waals surface area (Å²) in [6.07, 6.45) is 3.75. The molecule has 8 heteroatoms. The van der Waals surface area contributed by atoms with Gasteiger partial charge in [-0.1, -0.05) is 0 Å². The van der Waals surface area contributed by atoms with E-state index in [-0.39, 0.29) is 17.6 Å². The van der Waals surface area contributed by atoms with Gasteiger partial charge in [-0.15, -0.1) is 0 Å². The Hall–Kier alpha value is -2.64. The zero-order valence-electron chi connectivity index (χ0n) is 14.2. The summed E-state index contributed by atoms with van der Waals surface area (Å²) in [6.45, 7) is 0.574. The predicted molar refractivity (Wildman–Crippen MR) is 90.2 cm³/mol. The Labute approximate surface area is 140 Å². The van der Waals surface area contributed by atoms with Crippen molar-refractivity contribution in [2.75, 3.05) is 19.0 Å². The van der Waals surface area contributed by atoms with Gasteiger partial charge in [-0.2, -0.15) is 5.10 Å². The molecule has 0 fully saturated rings. The molecule has 3 rings (SSSR count). The molecule has 2 aromatic rings. The Morgan fingerprint density at radius 2 is 2.12 bits per heavy atom. The van der Waals surface area contributed by atoms with E-state index < -0.39 is 0 Å². The van der Waals surface area contributed by atoms with E-state index >= 15 is 0 Å².